The van der Waals surface area contributed by atoms with E-state index in [1.807, 2.05) is 0 Å². The zero-order valence-electron chi connectivity index (χ0n) is 9.70. The molecule has 3 unspecified atom stereocenters. The van der Waals surface area contributed by atoms with E-state index in [-0.39, 0.29) is 18.8 Å². The first-order valence-corrected chi connectivity index (χ1v) is 5.16. The van der Waals surface area contributed by atoms with Crippen molar-refractivity contribution in [3.8, 4) is 6.07 Å². The number of methoxy groups -OCH3 is 2. The largest absolute Gasteiger partial charge is 0.405 e. The smallest absolute Gasteiger partial charge is 0.377 e. The second-order valence-electron chi connectivity index (χ2n) is 3.99. The van der Waals surface area contributed by atoms with Crippen LogP contribution in [0.25, 0.3) is 0 Å². The van der Waals surface area contributed by atoms with Crippen molar-refractivity contribution in [2.45, 2.75) is 18.4 Å². The summed E-state index contributed by atoms with van der Waals surface area (Å²) in [6.07, 6.45) is -4.97. The summed E-state index contributed by atoms with van der Waals surface area (Å²) in [5.74, 6) is -1.96. The van der Waals surface area contributed by atoms with Gasteiger partial charge < -0.3 is 9.47 Å². The number of nitriles is 1. The third kappa shape index (κ3) is 3.56. The summed E-state index contributed by atoms with van der Waals surface area (Å²) in [7, 11) is 2.98. The summed E-state index contributed by atoms with van der Waals surface area (Å²) in [5, 5.41) is 8.51. The first-order chi connectivity index (χ1) is 7.92. The fraction of sp³-hybridized carbons (Fsp3) is 0.900. The van der Waals surface area contributed by atoms with Gasteiger partial charge in [0.25, 0.3) is 0 Å². The molecule has 17 heavy (non-hydrogen) atoms. The van der Waals surface area contributed by atoms with Crippen molar-refractivity contribution < 1.29 is 22.6 Å². The zero-order valence-corrected chi connectivity index (χ0v) is 9.70. The normalized spacial score (nSPS) is 28.0. The Labute approximate surface area is 97.9 Å². The molecule has 0 aromatic heterocycles. The highest BCUT2D eigenvalue weighted by Crippen LogP contribution is 2.28. The average molecular weight is 252 g/mol. The minimum atomic E-state index is -4.48. The molecule has 1 aliphatic rings. The molecule has 0 aromatic carbocycles. The van der Waals surface area contributed by atoms with Crippen LogP contribution in [0.5, 0.6) is 0 Å². The summed E-state index contributed by atoms with van der Waals surface area (Å²) in [6, 6.07) is 1.29. The van der Waals surface area contributed by atoms with Gasteiger partial charge in [0.15, 0.2) is 5.92 Å². The molecule has 1 heterocycles. The fourth-order valence-corrected chi connectivity index (χ4v) is 1.90. The van der Waals surface area contributed by atoms with Gasteiger partial charge in [0, 0.05) is 33.9 Å². The topological polar surface area (TPSA) is 45.5 Å². The minimum absolute atomic E-state index is 0.243. The highest BCUT2D eigenvalue weighted by molar-refractivity contribution is 4.94. The summed E-state index contributed by atoms with van der Waals surface area (Å²) >= 11 is 0. The average Bonchev–Trinajstić information content (AvgIpc) is 2.66. The van der Waals surface area contributed by atoms with E-state index in [4.69, 9.17) is 14.7 Å². The van der Waals surface area contributed by atoms with Crippen LogP contribution in [0.15, 0.2) is 0 Å². The van der Waals surface area contributed by atoms with Crippen molar-refractivity contribution in [1.29, 1.82) is 5.26 Å². The number of rotatable bonds is 4. The van der Waals surface area contributed by atoms with Gasteiger partial charge in [0.1, 0.15) is 0 Å². The van der Waals surface area contributed by atoms with Crippen LogP contribution in [-0.4, -0.2) is 57.1 Å². The molecule has 1 fully saturated rings. The van der Waals surface area contributed by atoms with Crippen LogP contribution in [0.4, 0.5) is 13.2 Å². The van der Waals surface area contributed by atoms with Gasteiger partial charge in [-0.25, -0.2) is 0 Å². The summed E-state index contributed by atoms with van der Waals surface area (Å²) in [5.41, 5.74) is 0. The third-order valence-corrected chi connectivity index (χ3v) is 2.89. The van der Waals surface area contributed by atoms with E-state index in [9.17, 15) is 13.2 Å². The molecule has 0 saturated carbocycles. The Morgan fingerprint density at radius 2 is 1.76 bits per heavy atom. The van der Waals surface area contributed by atoms with Crippen LogP contribution in [0, 0.1) is 17.2 Å². The second kappa shape index (κ2) is 5.67. The van der Waals surface area contributed by atoms with E-state index >= 15 is 0 Å². The lowest BCUT2D eigenvalue weighted by molar-refractivity contribution is -0.162. The van der Waals surface area contributed by atoms with Crippen molar-refractivity contribution in [1.82, 2.24) is 4.90 Å². The van der Waals surface area contributed by atoms with Crippen LogP contribution in [-0.2, 0) is 9.47 Å². The van der Waals surface area contributed by atoms with Crippen LogP contribution >= 0.6 is 0 Å². The molecule has 0 N–H and O–H groups in total. The third-order valence-electron chi connectivity index (χ3n) is 2.89. The first kappa shape index (κ1) is 14.2. The van der Waals surface area contributed by atoms with Gasteiger partial charge in [-0.05, 0) is 0 Å². The highest BCUT2D eigenvalue weighted by atomic mass is 19.4. The van der Waals surface area contributed by atoms with E-state index < -0.39 is 12.1 Å². The first-order valence-electron chi connectivity index (χ1n) is 5.16. The molecule has 0 aromatic rings. The fourth-order valence-electron chi connectivity index (χ4n) is 1.90. The van der Waals surface area contributed by atoms with Gasteiger partial charge in [-0.3, -0.25) is 4.90 Å². The number of ether oxygens (including phenoxy) is 2. The predicted molar refractivity (Wildman–Crippen MR) is 53.2 cm³/mol. The summed E-state index contributed by atoms with van der Waals surface area (Å²) in [6.45, 7) is 0.367. The van der Waals surface area contributed by atoms with Gasteiger partial charge >= 0.3 is 6.18 Å². The van der Waals surface area contributed by atoms with E-state index in [1.54, 1.807) is 4.90 Å². The molecule has 3 atom stereocenters. The van der Waals surface area contributed by atoms with Gasteiger partial charge in [0.05, 0.1) is 18.3 Å². The molecular weight excluding hydrogens is 237 g/mol. The number of likely N-dealkylation sites (tertiary alicyclic amines) is 1. The molecule has 0 amide bonds. The maximum atomic E-state index is 12.4. The Morgan fingerprint density at radius 1 is 1.29 bits per heavy atom. The minimum Gasteiger partial charge on any atom is -0.377 e. The Balaban J connectivity index is 2.57. The lowest BCUT2D eigenvalue weighted by atomic mass is 10.1. The monoisotopic (exact) mass is 252 g/mol. The zero-order chi connectivity index (χ0) is 13.1. The lowest BCUT2D eigenvalue weighted by Gasteiger charge is -2.20. The molecule has 0 radical (unpaired) electrons. The van der Waals surface area contributed by atoms with Crippen LogP contribution in [0.3, 0.4) is 0 Å². The molecule has 0 aliphatic carbocycles. The Hall–Kier alpha value is -0.840. The molecule has 98 valence electrons. The lowest BCUT2D eigenvalue weighted by Crippen LogP contribution is -2.35. The predicted octanol–water partition coefficient (Wildman–Crippen LogP) is 1.03. The van der Waals surface area contributed by atoms with Crippen LogP contribution in [0.1, 0.15) is 0 Å². The molecule has 4 nitrogen and oxygen atoms in total. The Kier molecular flexibility index (Phi) is 4.74. The van der Waals surface area contributed by atoms with Crippen LogP contribution in [0.2, 0.25) is 0 Å². The standard InChI is InChI=1S/C10H15F3N2O2/c1-16-8-5-15(6-9(8)17-2)4-7(3-14)10(11,12)13/h7-9H,4-6H2,1-2H3. The van der Waals surface area contributed by atoms with E-state index in [0.717, 1.165) is 0 Å². The maximum absolute atomic E-state index is 12.4. The van der Waals surface area contributed by atoms with E-state index in [2.05, 4.69) is 0 Å². The van der Waals surface area contributed by atoms with Crippen molar-refractivity contribution >= 4 is 0 Å². The van der Waals surface area contributed by atoms with Crippen LogP contribution < -0.4 is 0 Å². The molecule has 1 rings (SSSR count). The number of hydrogen-bond acceptors (Lipinski definition) is 4. The summed E-state index contributed by atoms with van der Waals surface area (Å²) in [4.78, 5) is 1.55. The SMILES string of the molecule is COC1CN(CC(C#N)C(F)(F)F)CC1OC. The molecule has 0 spiro atoms. The molecule has 1 aliphatic heterocycles. The highest BCUT2D eigenvalue weighted by Gasteiger charge is 2.43. The van der Waals surface area contributed by atoms with E-state index in [1.165, 1.54) is 20.3 Å². The molecular formula is C10H15F3N2O2. The Bertz CT molecular complexity index is 278. The van der Waals surface area contributed by atoms with Gasteiger partial charge in [-0.2, -0.15) is 18.4 Å². The van der Waals surface area contributed by atoms with E-state index in [0.29, 0.717) is 13.1 Å². The van der Waals surface area contributed by atoms with Gasteiger partial charge in [-0.1, -0.05) is 0 Å². The molecule has 1 saturated heterocycles. The number of nitrogens with zero attached hydrogens (tertiary/aromatic N) is 2. The maximum Gasteiger partial charge on any atom is 0.405 e. The molecule has 7 heteroatoms. The van der Waals surface area contributed by atoms with Crippen molar-refractivity contribution in [3.63, 3.8) is 0 Å². The van der Waals surface area contributed by atoms with Crippen molar-refractivity contribution in [2.24, 2.45) is 5.92 Å². The Morgan fingerprint density at radius 3 is 2.06 bits per heavy atom. The number of hydrogen-bond donors (Lipinski definition) is 0. The van der Waals surface area contributed by atoms with Gasteiger partial charge in [-0.15, -0.1) is 0 Å². The number of halogens is 3. The number of alkyl halides is 3. The second-order valence-corrected chi connectivity index (χ2v) is 3.99. The molecule has 0 bridgehead atoms. The van der Waals surface area contributed by atoms with Crippen molar-refractivity contribution in [2.75, 3.05) is 33.9 Å². The quantitative estimate of drug-likeness (QED) is 0.749. The van der Waals surface area contributed by atoms with Gasteiger partial charge in [0.2, 0.25) is 0 Å². The van der Waals surface area contributed by atoms with Crippen molar-refractivity contribution in [3.05, 3.63) is 0 Å². The summed E-state index contributed by atoms with van der Waals surface area (Å²) < 4.78 is 47.5.